The first-order chi connectivity index (χ1) is 13.3. The molecule has 0 saturated heterocycles. The first-order valence-electron chi connectivity index (χ1n) is 8.92. The quantitative estimate of drug-likeness (QED) is 0.594. The third-order valence-corrected chi connectivity index (χ3v) is 5.29. The summed E-state index contributed by atoms with van der Waals surface area (Å²) in [6.45, 7) is 3.55. The van der Waals surface area contributed by atoms with Crippen molar-refractivity contribution in [2.45, 2.75) is 38.9 Å². The van der Waals surface area contributed by atoms with E-state index in [1.807, 2.05) is 6.92 Å². The molecule has 3 rings (SSSR count). The Kier molecular flexibility index (Phi) is 6.23. The van der Waals surface area contributed by atoms with E-state index in [9.17, 15) is 18.0 Å². The number of urea groups is 1. The van der Waals surface area contributed by atoms with Crippen LogP contribution in [-0.4, -0.2) is 46.3 Å². The predicted molar refractivity (Wildman–Crippen MR) is 95.1 cm³/mol. The number of halogens is 3. The highest BCUT2D eigenvalue weighted by Crippen LogP contribution is 2.33. The summed E-state index contributed by atoms with van der Waals surface area (Å²) >= 11 is 1.18. The van der Waals surface area contributed by atoms with E-state index in [4.69, 9.17) is 4.84 Å². The Hall–Kier alpha value is -2.14. The molecule has 28 heavy (non-hydrogen) atoms. The summed E-state index contributed by atoms with van der Waals surface area (Å²) in [6.07, 6.45) is -1.56. The standard InChI is InChI=1S/C17H21F3N4O3S/c1-3-8-23(9-11-4-5-11)16(25)24(26-2)10-12-6-7-13(28-12)14-21-15(27-22-14)17(18,19)20/h6-7,11H,3-5,8-10H2,1-2H3. The number of hydrogen-bond donors (Lipinski definition) is 0. The normalized spacial score (nSPS) is 14.3. The lowest BCUT2D eigenvalue weighted by Gasteiger charge is -2.28. The smallest absolute Gasteiger partial charge is 0.329 e. The predicted octanol–water partition coefficient (Wildman–Crippen LogP) is 4.42. The number of amides is 2. The molecule has 0 aromatic carbocycles. The van der Waals surface area contributed by atoms with Gasteiger partial charge in [-0.1, -0.05) is 12.1 Å². The van der Waals surface area contributed by atoms with Crippen LogP contribution in [0.25, 0.3) is 10.7 Å². The van der Waals surface area contributed by atoms with Gasteiger partial charge in [-0.25, -0.2) is 4.79 Å². The molecule has 0 radical (unpaired) electrons. The number of hydrogen-bond acceptors (Lipinski definition) is 6. The monoisotopic (exact) mass is 418 g/mol. The van der Waals surface area contributed by atoms with Crippen LogP contribution in [0.15, 0.2) is 16.7 Å². The molecule has 2 aromatic heterocycles. The van der Waals surface area contributed by atoms with Crippen LogP contribution in [0, 0.1) is 5.92 Å². The van der Waals surface area contributed by atoms with Gasteiger partial charge in [0.25, 0.3) is 0 Å². The summed E-state index contributed by atoms with van der Waals surface area (Å²) in [5, 5.41) is 4.63. The second-order valence-electron chi connectivity index (χ2n) is 6.58. The molecule has 2 heterocycles. The number of carbonyl (C=O) groups is 1. The molecule has 2 aromatic rings. The van der Waals surface area contributed by atoms with Crippen molar-refractivity contribution in [1.82, 2.24) is 20.1 Å². The van der Waals surface area contributed by atoms with Gasteiger partial charge in [0.15, 0.2) is 0 Å². The third-order valence-electron chi connectivity index (χ3n) is 4.22. The van der Waals surface area contributed by atoms with Gasteiger partial charge in [-0.05, 0) is 37.3 Å². The highest BCUT2D eigenvalue weighted by Gasteiger charge is 2.38. The molecule has 0 N–H and O–H groups in total. The van der Waals surface area contributed by atoms with Crippen LogP contribution in [0.2, 0.25) is 0 Å². The summed E-state index contributed by atoms with van der Waals surface area (Å²) in [6, 6.07) is 3.08. The Morgan fingerprint density at radius 2 is 2.14 bits per heavy atom. The van der Waals surface area contributed by atoms with E-state index in [2.05, 4.69) is 14.7 Å². The minimum absolute atomic E-state index is 0.139. The fraction of sp³-hybridized carbons (Fsp3) is 0.588. The van der Waals surface area contributed by atoms with Gasteiger partial charge in [0.05, 0.1) is 18.5 Å². The first-order valence-corrected chi connectivity index (χ1v) is 9.74. The molecule has 154 valence electrons. The molecule has 1 fully saturated rings. The van der Waals surface area contributed by atoms with Crippen LogP contribution in [0.4, 0.5) is 18.0 Å². The lowest BCUT2D eigenvalue weighted by molar-refractivity contribution is -0.159. The number of carbonyl (C=O) groups excluding carboxylic acids is 1. The second kappa shape index (κ2) is 8.48. The second-order valence-corrected chi connectivity index (χ2v) is 7.75. The van der Waals surface area contributed by atoms with E-state index in [0.717, 1.165) is 24.1 Å². The number of hydroxylamine groups is 2. The molecular formula is C17H21F3N4O3S. The van der Waals surface area contributed by atoms with Crippen LogP contribution < -0.4 is 0 Å². The van der Waals surface area contributed by atoms with Gasteiger partial charge in [-0.2, -0.15) is 23.2 Å². The average molecular weight is 418 g/mol. The van der Waals surface area contributed by atoms with Crippen LogP contribution >= 0.6 is 11.3 Å². The van der Waals surface area contributed by atoms with Gasteiger partial charge in [0, 0.05) is 18.0 Å². The Labute approximate surface area is 164 Å². The van der Waals surface area contributed by atoms with Crippen molar-refractivity contribution in [3.8, 4) is 10.7 Å². The van der Waals surface area contributed by atoms with Crippen molar-refractivity contribution in [2.75, 3.05) is 20.2 Å². The Bertz CT molecular complexity index is 804. The minimum Gasteiger partial charge on any atom is -0.329 e. The molecule has 11 heteroatoms. The summed E-state index contributed by atoms with van der Waals surface area (Å²) < 4.78 is 42.1. The van der Waals surface area contributed by atoms with E-state index in [1.165, 1.54) is 23.5 Å². The molecule has 7 nitrogen and oxygen atoms in total. The fourth-order valence-electron chi connectivity index (χ4n) is 2.68. The Morgan fingerprint density at radius 3 is 2.71 bits per heavy atom. The van der Waals surface area contributed by atoms with Gasteiger partial charge in [-0.15, -0.1) is 11.3 Å². The highest BCUT2D eigenvalue weighted by molar-refractivity contribution is 7.15. The van der Waals surface area contributed by atoms with Crippen molar-refractivity contribution in [3.63, 3.8) is 0 Å². The lowest BCUT2D eigenvalue weighted by Crippen LogP contribution is -2.43. The zero-order chi connectivity index (χ0) is 20.3. The lowest BCUT2D eigenvalue weighted by atomic mass is 10.3. The van der Waals surface area contributed by atoms with Crippen molar-refractivity contribution >= 4 is 17.4 Å². The maximum Gasteiger partial charge on any atom is 0.471 e. The Morgan fingerprint density at radius 1 is 1.39 bits per heavy atom. The summed E-state index contributed by atoms with van der Waals surface area (Å²) in [4.78, 5) is 24.4. The van der Waals surface area contributed by atoms with E-state index in [0.29, 0.717) is 23.9 Å². The van der Waals surface area contributed by atoms with Gasteiger partial charge >= 0.3 is 18.1 Å². The summed E-state index contributed by atoms with van der Waals surface area (Å²) in [7, 11) is 1.42. The van der Waals surface area contributed by atoms with Crippen molar-refractivity contribution < 1.29 is 27.3 Å². The van der Waals surface area contributed by atoms with E-state index >= 15 is 0 Å². The van der Waals surface area contributed by atoms with Gasteiger partial charge < -0.3 is 9.42 Å². The molecule has 0 unspecified atom stereocenters. The number of rotatable bonds is 8. The SMILES string of the molecule is CCCN(CC1CC1)C(=O)N(Cc1ccc(-c2noc(C(F)(F)F)n2)s1)OC. The molecule has 0 atom stereocenters. The van der Waals surface area contributed by atoms with E-state index < -0.39 is 12.1 Å². The minimum atomic E-state index is -4.69. The third kappa shape index (κ3) is 5.02. The van der Waals surface area contributed by atoms with Gasteiger partial charge in [0.2, 0.25) is 5.82 Å². The van der Waals surface area contributed by atoms with Crippen LogP contribution in [-0.2, 0) is 17.6 Å². The zero-order valence-electron chi connectivity index (χ0n) is 15.5. The zero-order valence-corrected chi connectivity index (χ0v) is 16.3. The van der Waals surface area contributed by atoms with E-state index in [1.54, 1.807) is 17.0 Å². The van der Waals surface area contributed by atoms with Crippen LogP contribution in [0.3, 0.4) is 0 Å². The summed E-state index contributed by atoms with van der Waals surface area (Å²) in [5.41, 5.74) is 0. The first kappa shape index (κ1) is 20.6. The number of thiophene rings is 1. The molecule has 0 spiro atoms. The largest absolute Gasteiger partial charge is 0.471 e. The molecule has 1 saturated carbocycles. The number of nitrogens with zero attached hydrogens (tertiary/aromatic N) is 4. The average Bonchev–Trinajstić information content (AvgIpc) is 3.12. The topological polar surface area (TPSA) is 71.7 Å². The fourth-order valence-corrected chi connectivity index (χ4v) is 3.59. The van der Waals surface area contributed by atoms with Crippen LogP contribution in [0.5, 0.6) is 0 Å². The maximum absolute atomic E-state index is 12.8. The Balaban J connectivity index is 1.68. The summed E-state index contributed by atoms with van der Waals surface area (Å²) in [5.74, 6) is -0.967. The maximum atomic E-state index is 12.8. The molecule has 2 amide bonds. The van der Waals surface area contributed by atoms with Crippen molar-refractivity contribution in [3.05, 3.63) is 22.9 Å². The highest BCUT2D eigenvalue weighted by atomic mass is 32.1. The van der Waals surface area contributed by atoms with Gasteiger partial charge in [-0.3, -0.25) is 4.84 Å². The molecule has 1 aliphatic rings. The van der Waals surface area contributed by atoms with Crippen molar-refractivity contribution in [1.29, 1.82) is 0 Å². The number of alkyl halides is 3. The van der Waals surface area contributed by atoms with Gasteiger partial charge in [0.1, 0.15) is 0 Å². The molecule has 0 aliphatic heterocycles. The van der Waals surface area contributed by atoms with Crippen LogP contribution in [0.1, 0.15) is 37.0 Å². The molecule has 1 aliphatic carbocycles. The molecule has 0 bridgehead atoms. The van der Waals surface area contributed by atoms with E-state index in [-0.39, 0.29) is 18.4 Å². The van der Waals surface area contributed by atoms with Crippen molar-refractivity contribution in [2.24, 2.45) is 5.92 Å². The number of aromatic nitrogens is 2. The molecular weight excluding hydrogens is 397 g/mol.